The van der Waals surface area contributed by atoms with E-state index in [1.807, 2.05) is 39.0 Å². The normalized spacial score (nSPS) is 14.1. The molecule has 0 saturated heterocycles. The Labute approximate surface area is 112 Å². The zero-order valence-electron chi connectivity index (χ0n) is 10.9. The Morgan fingerprint density at radius 3 is 2.78 bits per heavy atom. The first-order valence-electron chi connectivity index (χ1n) is 6.02. The van der Waals surface area contributed by atoms with Crippen molar-refractivity contribution >= 4 is 22.6 Å². The summed E-state index contributed by atoms with van der Waals surface area (Å²) in [6, 6.07) is 7.12. The van der Waals surface area contributed by atoms with E-state index < -0.39 is 5.60 Å². The Morgan fingerprint density at radius 2 is 2.11 bits per heavy atom. The average Bonchev–Trinajstić information content (AvgIpc) is 2.70. The molecule has 0 aliphatic rings. The molecule has 0 bridgehead atoms. The Balaban J connectivity index is 2.36. The van der Waals surface area contributed by atoms with Gasteiger partial charge in [-0.2, -0.15) is 0 Å². The predicted octanol–water partition coefficient (Wildman–Crippen LogP) is 3.90. The molecule has 1 unspecified atom stereocenters. The Morgan fingerprint density at radius 1 is 1.39 bits per heavy atom. The molecule has 0 amide bonds. The van der Waals surface area contributed by atoms with Gasteiger partial charge in [-0.1, -0.05) is 11.6 Å². The maximum atomic E-state index is 6.21. The van der Waals surface area contributed by atoms with Gasteiger partial charge in [0, 0.05) is 17.0 Å². The van der Waals surface area contributed by atoms with Crippen molar-refractivity contribution in [2.24, 2.45) is 5.73 Å². The highest BCUT2D eigenvalue weighted by Gasteiger charge is 2.30. The van der Waals surface area contributed by atoms with Crippen LogP contribution in [0.1, 0.15) is 32.6 Å². The number of rotatable bonds is 4. The Bertz CT molecular complexity index is 548. The monoisotopic (exact) mass is 267 g/mol. The van der Waals surface area contributed by atoms with Crippen molar-refractivity contribution < 1.29 is 9.15 Å². The summed E-state index contributed by atoms with van der Waals surface area (Å²) in [5.41, 5.74) is 6.53. The summed E-state index contributed by atoms with van der Waals surface area (Å²) in [6.45, 7) is 6.49. The Kier molecular flexibility index (Phi) is 3.66. The second kappa shape index (κ2) is 4.92. The molecule has 3 nitrogen and oxygen atoms in total. The number of ether oxygens (including phenoxy) is 1. The third kappa shape index (κ3) is 2.53. The van der Waals surface area contributed by atoms with Gasteiger partial charge in [0.05, 0.1) is 11.6 Å². The van der Waals surface area contributed by atoms with E-state index in [0.29, 0.717) is 17.4 Å². The van der Waals surface area contributed by atoms with Gasteiger partial charge in [-0.3, -0.25) is 0 Å². The van der Waals surface area contributed by atoms with Crippen molar-refractivity contribution in [2.75, 3.05) is 6.61 Å². The summed E-state index contributed by atoms with van der Waals surface area (Å²) in [6.07, 6.45) is 0. The number of nitrogens with two attached hydrogens (primary N) is 1. The van der Waals surface area contributed by atoms with Crippen LogP contribution in [0.15, 0.2) is 28.7 Å². The van der Waals surface area contributed by atoms with Crippen molar-refractivity contribution in [1.82, 2.24) is 0 Å². The zero-order valence-corrected chi connectivity index (χ0v) is 11.6. The van der Waals surface area contributed by atoms with Gasteiger partial charge >= 0.3 is 0 Å². The first-order valence-corrected chi connectivity index (χ1v) is 6.40. The molecule has 0 aliphatic heterocycles. The molecule has 0 aliphatic carbocycles. The maximum Gasteiger partial charge on any atom is 0.134 e. The first kappa shape index (κ1) is 13.4. The Hall–Kier alpha value is -1.03. The number of halogens is 1. The van der Waals surface area contributed by atoms with E-state index in [1.165, 1.54) is 0 Å². The summed E-state index contributed by atoms with van der Waals surface area (Å²) < 4.78 is 11.4. The van der Waals surface area contributed by atoms with Gasteiger partial charge in [-0.05, 0) is 45.0 Å². The number of hydrogen-bond donors (Lipinski definition) is 1. The molecule has 98 valence electrons. The molecule has 1 aromatic carbocycles. The largest absolute Gasteiger partial charge is 0.459 e. The molecular weight excluding hydrogens is 250 g/mol. The molecule has 0 fully saturated rings. The molecule has 18 heavy (non-hydrogen) atoms. The van der Waals surface area contributed by atoms with Gasteiger partial charge in [0.1, 0.15) is 11.3 Å². The smallest absolute Gasteiger partial charge is 0.134 e. The van der Waals surface area contributed by atoms with Crippen LogP contribution in [0.25, 0.3) is 11.0 Å². The molecule has 2 rings (SSSR count). The number of benzene rings is 1. The van der Waals surface area contributed by atoms with Crippen LogP contribution in [0.3, 0.4) is 0 Å². The lowest BCUT2D eigenvalue weighted by Crippen LogP contribution is -2.38. The molecular formula is C14H18ClNO2. The lowest BCUT2D eigenvalue weighted by molar-refractivity contribution is -0.0338. The van der Waals surface area contributed by atoms with Crippen molar-refractivity contribution in [2.45, 2.75) is 32.4 Å². The fourth-order valence-electron chi connectivity index (χ4n) is 1.99. The van der Waals surface area contributed by atoms with E-state index in [-0.39, 0.29) is 6.04 Å². The number of furan rings is 1. The second-order valence-corrected chi connectivity index (χ2v) is 5.28. The first-order chi connectivity index (χ1) is 8.44. The van der Waals surface area contributed by atoms with E-state index in [1.54, 1.807) is 6.07 Å². The zero-order chi connectivity index (χ0) is 13.3. The predicted molar refractivity (Wildman–Crippen MR) is 73.9 cm³/mol. The molecule has 0 spiro atoms. The SMILES string of the molecule is CCOC(C)(C)C(N)c1cc2cc(Cl)ccc2o1. The van der Waals surface area contributed by atoms with E-state index in [4.69, 9.17) is 26.5 Å². The molecule has 1 atom stereocenters. The lowest BCUT2D eigenvalue weighted by atomic mass is 9.97. The van der Waals surface area contributed by atoms with Crippen LogP contribution in [0.4, 0.5) is 0 Å². The van der Waals surface area contributed by atoms with Crippen molar-refractivity contribution in [3.05, 3.63) is 35.0 Å². The maximum absolute atomic E-state index is 6.21. The van der Waals surface area contributed by atoms with Crippen LogP contribution in [-0.4, -0.2) is 12.2 Å². The van der Waals surface area contributed by atoms with Gasteiger partial charge in [0.25, 0.3) is 0 Å². The van der Waals surface area contributed by atoms with Crippen LogP contribution in [0, 0.1) is 0 Å². The minimum absolute atomic E-state index is 0.316. The van der Waals surface area contributed by atoms with Crippen LogP contribution in [0.5, 0.6) is 0 Å². The molecule has 2 aromatic rings. The second-order valence-electron chi connectivity index (χ2n) is 4.85. The highest BCUT2D eigenvalue weighted by atomic mass is 35.5. The molecule has 0 radical (unpaired) electrons. The summed E-state index contributed by atoms with van der Waals surface area (Å²) in [5, 5.41) is 1.65. The standard InChI is InChI=1S/C14H18ClNO2/c1-4-17-14(2,3)13(16)12-8-9-7-10(15)5-6-11(9)18-12/h5-8,13H,4,16H2,1-3H3. The summed E-state index contributed by atoms with van der Waals surface area (Å²) in [5.74, 6) is 0.714. The van der Waals surface area contributed by atoms with Crippen LogP contribution in [-0.2, 0) is 4.74 Å². The number of hydrogen-bond acceptors (Lipinski definition) is 3. The third-order valence-corrected chi connectivity index (χ3v) is 3.30. The topological polar surface area (TPSA) is 48.4 Å². The molecule has 1 aromatic heterocycles. The van der Waals surface area contributed by atoms with Gasteiger partial charge in [0.15, 0.2) is 0 Å². The average molecular weight is 268 g/mol. The minimum atomic E-state index is -0.466. The summed E-state index contributed by atoms with van der Waals surface area (Å²) in [4.78, 5) is 0. The van der Waals surface area contributed by atoms with E-state index >= 15 is 0 Å². The van der Waals surface area contributed by atoms with Gasteiger partial charge in [-0.25, -0.2) is 0 Å². The third-order valence-electron chi connectivity index (χ3n) is 3.07. The highest BCUT2D eigenvalue weighted by molar-refractivity contribution is 6.31. The fraction of sp³-hybridized carbons (Fsp3) is 0.429. The summed E-state index contributed by atoms with van der Waals surface area (Å²) in [7, 11) is 0. The summed E-state index contributed by atoms with van der Waals surface area (Å²) >= 11 is 5.95. The van der Waals surface area contributed by atoms with Crippen LogP contribution in [0.2, 0.25) is 5.02 Å². The van der Waals surface area contributed by atoms with Crippen molar-refractivity contribution in [3.63, 3.8) is 0 Å². The van der Waals surface area contributed by atoms with Gasteiger partial charge in [0.2, 0.25) is 0 Å². The van der Waals surface area contributed by atoms with Crippen molar-refractivity contribution in [1.29, 1.82) is 0 Å². The lowest BCUT2D eigenvalue weighted by Gasteiger charge is -2.29. The molecule has 2 N–H and O–H groups in total. The quantitative estimate of drug-likeness (QED) is 0.914. The fourth-order valence-corrected chi connectivity index (χ4v) is 2.17. The molecule has 1 heterocycles. The number of fused-ring (bicyclic) bond motifs is 1. The van der Waals surface area contributed by atoms with Gasteiger partial charge < -0.3 is 14.9 Å². The minimum Gasteiger partial charge on any atom is -0.459 e. The van der Waals surface area contributed by atoms with E-state index in [2.05, 4.69) is 0 Å². The van der Waals surface area contributed by atoms with Crippen LogP contribution < -0.4 is 5.73 Å². The van der Waals surface area contributed by atoms with Crippen LogP contribution >= 0.6 is 11.6 Å². The van der Waals surface area contributed by atoms with Crippen molar-refractivity contribution in [3.8, 4) is 0 Å². The van der Waals surface area contributed by atoms with E-state index in [0.717, 1.165) is 11.0 Å². The molecule has 4 heteroatoms. The van der Waals surface area contributed by atoms with Gasteiger partial charge in [-0.15, -0.1) is 0 Å². The highest BCUT2D eigenvalue weighted by Crippen LogP contribution is 2.31. The molecule has 0 saturated carbocycles. The van der Waals surface area contributed by atoms with E-state index in [9.17, 15) is 0 Å².